The Bertz CT molecular complexity index is 389. The molecule has 1 fully saturated rings. The molecule has 2 unspecified atom stereocenters. The van der Waals surface area contributed by atoms with E-state index in [1.54, 1.807) is 38.3 Å². The van der Waals surface area contributed by atoms with Crippen molar-refractivity contribution in [3.63, 3.8) is 0 Å². The van der Waals surface area contributed by atoms with Gasteiger partial charge in [-0.15, -0.1) is 0 Å². The molecule has 0 spiro atoms. The largest absolute Gasteiger partial charge is 1.00 e. The molecule has 2 atom stereocenters. The molecule has 1 aromatic carbocycles. The zero-order valence-corrected chi connectivity index (χ0v) is 11.5. The number of epoxide rings is 1. The first-order valence-electron chi connectivity index (χ1n) is 4.61. The maximum atomic E-state index is 10.6. The number of carboxylic acids is 1. The number of rotatable bonds is 3. The van der Waals surface area contributed by atoms with E-state index in [1.807, 2.05) is 0 Å². The summed E-state index contributed by atoms with van der Waals surface area (Å²) in [6.45, 7) is 1.73. The normalized spacial score (nSPS) is 26.8. The molecule has 1 heterocycles. The van der Waals surface area contributed by atoms with Crippen LogP contribution in [-0.4, -0.2) is 19.2 Å². The topological polar surface area (TPSA) is 61.9 Å². The minimum Gasteiger partial charge on any atom is -0.547 e. The predicted molar refractivity (Wildman–Crippen MR) is 50.2 cm³/mol. The van der Waals surface area contributed by atoms with Gasteiger partial charge in [0.2, 0.25) is 0 Å². The van der Waals surface area contributed by atoms with Crippen LogP contribution in [0, 0.1) is 0 Å². The van der Waals surface area contributed by atoms with Gasteiger partial charge in [-0.1, -0.05) is 12.1 Å². The molecule has 0 aliphatic carbocycles. The van der Waals surface area contributed by atoms with Gasteiger partial charge in [-0.25, -0.2) is 0 Å². The minimum atomic E-state index is -1.17. The molecule has 0 radical (unpaired) electrons. The monoisotopic (exact) mass is 230 g/mol. The van der Waals surface area contributed by atoms with E-state index in [-0.39, 0.29) is 29.6 Å². The van der Waals surface area contributed by atoms with Crippen molar-refractivity contribution in [2.45, 2.75) is 18.6 Å². The number of carbonyl (C=O) groups excluding carboxylic acids is 1. The van der Waals surface area contributed by atoms with Crippen LogP contribution in [0.4, 0.5) is 0 Å². The van der Waals surface area contributed by atoms with E-state index in [1.165, 1.54) is 0 Å². The van der Waals surface area contributed by atoms with Gasteiger partial charge in [-0.2, -0.15) is 0 Å². The van der Waals surface area contributed by atoms with Gasteiger partial charge in [0.1, 0.15) is 17.5 Å². The Labute approximate surface area is 116 Å². The SMILES string of the molecule is COc1ccc(C2(C)OC2C(=O)[O-])cc1.[Na+]. The molecule has 0 saturated carbocycles. The van der Waals surface area contributed by atoms with E-state index >= 15 is 0 Å². The first kappa shape index (κ1) is 13.5. The summed E-state index contributed by atoms with van der Waals surface area (Å²) in [6, 6.07) is 7.13. The molecule has 1 aromatic rings. The fourth-order valence-corrected chi connectivity index (χ4v) is 1.63. The second-order valence-corrected chi connectivity index (χ2v) is 3.65. The first-order valence-corrected chi connectivity index (χ1v) is 4.61. The number of aliphatic carboxylic acids is 1. The van der Waals surface area contributed by atoms with Crippen LogP contribution < -0.4 is 39.4 Å². The number of hydrogen-bond acceptors (Lipinski definition) is 4. The summed E-state index contributed by atoms with van der Waals surface area (Å²) in [4.78, 5) is 10.6. The average Bonchev–Trinajstić information content (AvgIpc) is 2.93. The van der Waals surface area contributed by atoms with E-state index in [4.69, 9.17) is 9.47 Å². The molecule has 1 aliphatic heterocycles. The molecular weight excluding hydrogens is 219 g/mol. The van der Waals surface area contributed by atoms with Crippen molar-refractivity contribution in [2.75, 3.05) is 7.11 Å². The molecule has 1 aliphatic rings. The number of hydrogen-bond donors (Lipinski definition) is 0. The van der Waals surface area contributed by atoms with Crippen molar-refractivity contribution in [3.8, 4) is 5.75 Å². The van der Waals surface area contributed by atoms with Gasteiger partial charge in [0.05, 0.1) is 13.1 Å². The van der Waals surface area contributed by atoms with Gasteiger partial charge in [0, 0.05) is 0 Å². The summed E-state index contributed by atoms with van der Waals surface area (Å²) in [6.07, 6.45) is -0.842. The third kappa shape index (κ3) is 2.25. The Morgan fingerprint density at radius 1 is 1.44 bits per heavy atom. The van der Waals surface area contributed by atoms with Gasteiger partial charge in [0.15, 0.2) is 0 Å². The van der Waals surface area contributed by atoms with Crippen LogP contribution >= 0.6 is 0 Å². The molecule has 2 rings (SSSR count). The fraction of sp³-hybridized carbons (Fsp3) is 0.364. The number of methoxy groups -OCH3 is 1. The quantitative estimate of drug-likeness (QED) is 0.412. The molecular formula is C11H11NaO4. The Balaban J connectivity index is 0.00000128. The molecule has 0 aromatic heterocycles. The van der Waals surface area contributed by atoms with Gasteiger partial charge in [0.25, 0.3) is 0 Å². The van der Waals surface area contributed by atoms with Crippen molar-refractivity contribution in [1.82, 2.24) is 0 Å². The standard InChI is InChI=1S/C11H12O4.Na/c1-11(9(15-11)10(12)13)7-3-5-8(14-2)6-4-7;/h3-6,9H,1-2H3,(H,12,13);/q;+1/p-1. The Kier molecular flexibility index (Phi) is 4.02. The zero-order valence-electron chi connectivity index (χ0n) is 9.52. The molecule has 16 heavy (non-hydrogen) atoms. The van der Waals surface area contributed by atoms with Crippen LogP contribution in [-0.2, 0) is 15.1 Å². The Morgan fingerprint density at radius 3 is 2.38 bits per heavy atom. The molecule has 80 valence electrons. The molecule has 0 amide bonds. The third-order valence-corrected chi connectivity index (χ3v) is 2.68. The zero-order chi connectivity index (χ0) is 11.1. The van der Waals surface area contributed by atoms with E-state index < -0.39 is 17.7 Å². The second-order valence-electron chi connectivity index (χ2n) is 3.65. The molecule has 0 bridgehead atoms. The molecule has 0 N–H and O–H groups in total. The molecule has 4 nitrogen and oxygen atoms in total. The van der Waals surface area contributed by atoms with Gasteiger partial charge >= 0.3 is 29.6 Å². The van der Waals surface area contributed by atoms with E-state index in [9.17, 15) is 9.90 Å². The van der Waals surface area contributed by atoms with Crippen molar-refractivity contribution < 1.29 is 48.9 Å². The Hall–Kier alpha value is -0.550. The van der Waals surface area contributed by atoms with E-state index in [0.29, 0.717) is 0 Å². The van der Waals surface area contributed by atoms with Gasteiger partial charge in [-0.3, -0.25) is 0 Å². The van der Waals surface area contributed by atoms with E-state index in [2.05, 4.69) is 0 Å². The summed E-state index contributed by atoms with van der Waals surface area (Å²) >= 11 is 0. The first-order chi connectivity index (χ1) is 7.08. The Morgan fingerprint density at radius 2 is 2.00 bits per heavy atom. The van der Waals surface area contributed by atoms with Crippen LogP contribution in [0.25, 0.3) is 0 Å². The van der Waals surface area contributed by atoms with Crippen LogP contribution in [0.15, 0.2) is 24.3 Å². The summed E-state index contributed by atoms with van der Waals surface area (Å²) in [5.41, 5.74) is 0.0722. The maximum Gasteiger partial charge on any atom is 1.00 e. The van der Waals surface area contributed by atoms with Crippen molar-refractivity contribution in [2.24, 2.45) is 0 Å². The van der Waals surface area contributed by atoms with Gasteiger partial charge in [-0.05, 0) is 24.6 Å². The van der Waals surface area contributed by atoms with Crippen LogP contribution in [0.3, 0.4) is 0 Å². The van der Waals surface area contributed by atoms with E-state index in [0.717, 1.165) is 11.3 Å². The van der Waals surface area contributed by atoms with Crippen molar-refractivity contribution in [3.05, 3.63) is 29.8 Å². The number of carboxylic acid groups (broad SMARTS) is 1. The predicted octanol–water partition coefficient (Wildman–Crippen LogP) is -2.94. The van der Waals surface area contributed by atoms with Crippen molar-refractivity contribution in [1.29, 1.82) is 0 Å². The smallest absolute Gasteiger partial charge is 0.547 e. The third-order valence-electron chi connectivity index (χ3n) is 2.68. The average molecular weight is 230 g/mol. The van der Waals surface area contributed by atoms with Crippen LogP contribution in [0.1, 0.15) is 12.5 Å². The number of carbonyl (C=O) groups is 1. The van der Waals surface area contributed by atoms with Crippen LogP contribution in [0.2, 0.25) is 0 Å². The van der Waals surface area contributed by atoms with Crippen molar-refractivity contribution >= 4 is 5.97 Å². The number of ether oxygens (including phenoxy) is 2. The fourth-order valence-electron chi connectivity index (χ4n) is 1.63. The number of benzene rings is 1. The summed E-state index contributed by atoms with van der Waals surface area (Å²) in [5, 5.41) is 10.6. The summed E-state index contributed by atoms with van der Waals surface area (Å²) in [5.74, 6) is -0.443. The minimum absolute atomic E-state index is 0. The molecule has 1 saturated heterocycles. The second kappa shape index (κ2) is 4.75. The molecule has 5 heteroatoms. The maximum absolute atomic E-state index is 10.6. The van der Waals surface area contributed by atoms with Crippen LogP contribution in [0.5, 0.6) is 5.75 Å². The summed E-state index contributed by atoms with van der Waals surface area (Å²) < 4.78 is 10.1. The summed E-state index contributed by atoms with van der Waals surface area (Å²) in [7, 11) is 1.58. The van der Waals surface area contributed by atoms with Gasteiger partial charge < -0.3 is 19.4 Å².